The van der Waals surface area contributed by atoms with Crippen LogP contribution >= 0.6 is 0 Å². The van der Waals surface area contributed by atoms with Gasteiger partial charge in [0.25, 0.3) is 5.09 Å². The van der Waals surface area contributed by atoms with Crippen molar-refractivity contribution in [2.75, 3.05) is 0 Å². The lowest BCUT2D eigenvalue weighted by Gasteiger charge is -2.03. The molecule has 7 heteroatoms. The molecule has 0 aliphatic carbocycles. The number of rotatable bonds is 4. The molecule has 0 aliphatic rings. The Morgan fingerprint density at radius 2 is 1.95 bits per heavy atom. The van der Waals surface area contributed by atoms with E-state index in [1.54, 1.807) is 24.3 Å². The molecule has 0 fully saturated rings. The van der Waals surface area contributed by atoms with Gasteiger partial charge in [-0.2, -0.15) is 8.42 Å². The van der Waals surface area contributed by atoms with Gasteiger partial charge in [0.1, 0.15) is 0 Å². The molecule has 2 aromatic rings. The first-order valence-corrected chi connectivity index (χ1v) is 6.78. The maximum Gasteiger partial charge on any atom is 0.329 e. The van der Waals surface area contributed by atoms with Crippen molar-refractivity contribution in [2.24, 2.45) is 0 Å². The monoisotopic (exact) mass is 281 g/mol. The Hall–Kier alpha value is -2.12. The fraction of sp³-hybridized carbons (Fsp3) is 0.0833. The van der Waals surface area contributed by atoms with Crippen molar-refractivity contribution in [3.05, 3.63) is 59.0 Å². The van der Waals surface area contributed by atoms with E-state index in [9.17, 15) is 13.6 Å². The highest BCUT2D eigenvalue weighted by molar-refractivity contribution is 7.85. The summed E-state index contributed by atoms with van der Waals surface area (Å²) in [6, 6.07) is 10.3. The molecule has 1 N–H and O–H groups in total. The molecule has 0 saturated carbocycles. The van der Waals surface area contributed by atoms with E-state index in [-0.39, 0.29) is 12.1 Å². The lowest BCUT2D eigenvalue weighted by atomic mass is 10.2. The van der Waals surface area contributed by atoms with Crippen molar-refractivity contribution in [1.82, 2.24) is 0 Å². The topological polar surface area (TPSA) is 93.6 Å². The third-order valence-electron chi connectivity index (χ3n) is 2.36. The third-order valence-corrected chi connectivity index (χ3v) is 3.16. The predicted molar refractivity (Wildman–Crippen MR) is 67.5 cm³/mol. The van der Waals surface area contributed by atoms with Crippen LogP contribution in [0.5, 0.6) is 0 Å². The van der Waals surface area contributed by atoms with E-state index in [2.05, 4.69) is 4.42 Å². The molecular weight excluding hydrogens is 270 g/mol. The second-order valence-electron chi connectivity index (χ2n) is 3.83. The molecule has 6 nitrogen and oxygen atoms in total. The molecule has 100 valence electrons. The Morgan fingerprint density at radius 3 is 2.58 bits per heavy atom. The van der Waals surface area contributed by atoms with Crippen molar-refractivity contribution < 1.29 is 22.1 Å². The molecule has 1 aromatic heterocycles. The second-order valence-corrected chi connectivity index (χ2v) is 5.15. The van der Waals surface area contributed by atoms with Gasteiger partial charge in [0.05, 0.1) is 11.8 Å². The summed E-state index contributed by atoms with van der Waals surface area (Å²) in [5.74, 6) is 0. The zero-order valence-electron chi connectivity index (χ0n) is 9.76. The number of benzene rings is 1. The average Bonchev–Trinajstić information content (AvgIpc) is 2.78. The molecule has 0 bridgehead atoms. The first-order valence-electron chi connectivity index (χ1n) is 5.34. The van der Waals surface area contributed by atoms with E-state index in [0.29, 0.717) is 4.74 Å². The molecule has 0 radical (unpaired) electrons. The van der Waals surface area contributed by atoms with Crippen LogP contribution in [0.25, 0.3) is 0 Å². The van der Waals surface area contributed by atoms with E-state index >= 15 is 0 Å². The fourth-order valence-corrected chi connectivity index (χ4v) is 2.17. The number of hydrogen-bond acceptors (Lipinski definition) is 4. The first kappa shape index (κ1) is 13.3. The number of furan rings is 1. The van der Waals surface area contributed by atoms with Crippen molar-refractivity contribution in [3.63, 3.8) is 0 Å². The molecule has 19 heavy (non-hydrogen) atoms. The van der Waals surface area contributed by atoms with Crippen LogP contribution in [0, 0.1) is 5.21 Å². The van der Waals surface area contributed by atoms with Crippen LogP contribution < -0.4 is 0 Å². The predicted octanol–water partition coefficient (Wildman–Crippen LogP) is 1.66. The zero-order valence-corrected chi connectivity index (χ0v) is 10.6. The Morgan fingerprint density at radius 1 is 1.26 bits per heavy atom. The smallest absolute Gasteiger partial charge is 0.329 e. The van der Waals surface area contributed by atoms with Crippen LogP contribution in [0.3, 0.4) is 0 Å². The van der Waals surface area contributed by atoms with Gasteiger partial charge in [0.15, 0.2) is 12.8 Å². The number of hydroxylamine groups is 1. The summed E-state index contributed by atoms with van der Waals surface area (Å²) in [6.45, 7) is 0.0664. The Labute approximate surface area is 109 Å². The summed E-state index contributed by atoms with van der Waals surface area (Å²) in [4.78, 5) is 0. The molecular formula is C12H11NO5S. The van der Waals surface area contributed by atoms with E-state index in [1.807, 2.05) is 6.07 Å². The fourth-order valence-electron chi connectivity index (χ4n) is 1.57. The van der Waals surface area contributed by atoms with Gasteiger partial charge < -0.3 is 9.62 Å². The van der Waals surface area contributed by atoms with Gasteiger partial charge in [0, 0.05) is 5.56 Å². The molecule has 0 amide bonds. The highest BCUT2D eigenvalue weighted by Gasteiger charge is 2.20. The highest BCUT2D eigenvalue weighted by Crippen LogP contribution is 2.14. The summed E-state index contributed by atoms with van der Waals surface area (Å²) >= 11 is 0. The molecule has 0 atom stereocenters. The van der Waals surface area contributed by atoms with Gasteiger partial charge in [-0.15, -0.1) is 0 Å². The zero-order chi connectivity index (χ0) is 13.9. The van der Waals surface area contributed by atoms with E-state index < -0.39 is 15.2 Å². The molecule has 0 unspecified atom stereocenters. The van der Waals surface area contributed by atoms with Crippen LogP contribution in [0.1, 0.15) is 11.1 Å². The maximum absolute atomic E-state index is 11.7. The van der Waals surface area contributed by atoms with Gasteiger partial charge >= 0.3 is 10.1 Å². The van der Waals surface area contributed by atoms with Crippen LogP contribution in [0.2, 0.25) is 0 Å². The molecule has 0 spiro atoms. The summed E-state index contributed by atoms with van der Waals surface area (Å²) in [5.41, 5.74) is 0.791. The van der Waals surface area contributed by atoms with Crippen molar-refractivity contribution in [1.29, 1.82) is 0 Å². The summed E-state index contributed by atoms with van der Waals surface area (Å²) in [5, 5.41) is 11.1. The van der Waals surface area contributed by atoms with Crippen LogP contribution in [0.15, 0.2) is 52.2 Å². The minimum absolute atomic E-state index is 0.00781. The average molecular weight is 281 g/mol. The molecule has 1 heterocycles. The van der Waals surface area contributed by atoms with Crippen LogP contribution in [-0.4, -0.2) is 23.9 Å². The summed E-state index contributed by atoms with van der Waals surface area (Å²) < 4.78 is 36.1. The number of nitrogens with zero attached hydrogens (tertiary/aromatic N) is 1. The lowest BCUT2D eigenvalue weighted by molar-refractivity contribution is -0.469. The van der Waals surface area contributed by atoms with Crippen molar-refractivity contribution >= 4 is 16.3 Å². The quantitative estimate of drug-likeness (QED) is 0.302. The standard InChI is InChI=1S/C12H11NO5S/c14-13(8-10-4-2-1-3-5-10)9-11-6-7-18-12(11)19(15,16)17/h1-7,9H,8H2,(H,15,16,17). The van der Waals surface area contributed by atoms with Crippen molar-refractivity contribution in [2.45, 2.75) is 11.6 Å². The molecule has 0 aliphatic heterocycles. The lowest BCUT2D eigenvalue weighted by Crippen LogP contribution is -2.08. The van der Waals surface area contributed by atoms with Gasteiger partial charge in [-0.25, -0.2) is 4.74 Å². The minimum Gasteiger partial charge on any atom is -0.624 e. The highest BCUT2D eigenvalue weighted by atomic mass is 32.2. The summed E-state index contributed by atoms with van der Waals surface area (Å²) in [7, 11) is -4.47. The minimum atomic E-state index is -4.47. The second kappa shape index (κ2) is 5.25. The van der Waals surface area contributed by atoms with Crippen molar-refractivity contribution in [3.8, 4) is 0 Å². The van der Waals surface area contributed by atoms with E-state index in [0.717, 1.165) is 18.0 Å². The van der Waals surface area contributed by atoms with Gasteiger partial charge in [0.2, 0.25) is 0 Å². The number of hydrogen-bond donors (Lipinski definition) is 1. The van der Waals surface area contributed by atoms with Gasteiger partial charge in [-0.05, 0) is 6.07 Å². The van der Waals surface area contributed by atoms with Gasteiger partial charge in [-0.3, -0.25) is 4.55 Å². The first-order chi connectivity index (χ1) is 8.97. The van der Waals surface area contributed by atoms with E-state index in [4.69, 9.17) is 4.55 Å². The Bertz CT molecular complexity index is 688. The molecule has 2 rings (SSSR count). The molecule has 1 aromatic carbocycles. The summed E-state index contributed by atoms with van der Waals surface area (Å²) in [6.07, 6.45) is 2.14. The van der Waals surface area contributed by atoms with Crippen LogP contribution in [-0.2, 0) is 16.7 Å². The largest absolute Gasteiger partial charge is 0.624 e. The van der Waals surface area contributed by atoms with E-state index in [1.165, 1.54) is 6.07 Å². The van der Waals surface area contributed by atoms with Gasteiger partial charge in [-0.1, -0.05) is 30.3 Å². The Balaban J connectivity index is 2.25. The van der Waals surface area contributed by atoms with Crippen LogP contribution in [0.4, 0.5) is 0 Å². The third kappa shape index (κ3) is 3.43. The Kier molecular flexibility index (Phi) is 3.68. The molecule has 0 saturated heterocycles. The maximum atomic E-state index is 11.7. The SMILES string of the molecule is O=S(=O)(O)c1occc1C=[N+]([O-])Cc1ccccc1. The normalized spacial score (nSPS) is 12.6.